The second kappa shape index (κ2) is 9.35. The molecule has 2 aliphatic rings. The van der Waals surface area contributed by atoms with Gasteiger partial charge in [0.2, 0.25) is 0 Å². The second-order valence-corrected chi connectivity index (χ2v) is 8.23. The van der Waals surface area contributed by atoms with Gasteiger partial charge in [0.15, 0.2) is 0 Å². The third-order valence-corrected chi connectivity index (χ3v) is 6.43. The van der Waals surface area contributed by atoms with Crippen LogP contribution in [0.5, 0.6) is 0 Å². The lowest BCUT2D eigenvalue weighted by Crippen LogP contribution is -2.39. The molecule has 6 nitrogen and oxygen atoms in total. The molecule has 2 amide bonds. The number of nitrogens with two attached hydrogens (primary N) is 1. The lowest BCUT2D eigenvalue weighted by Gasteiger charge is -2.31. The summed E-state index contributed by atoms with van der Waals surface area (Å²) in [6, 6.07) is 16.6. The molecule has 5 rings (SSSR count). The van der Waals surface area contributed by atoms with E-state index in [0.717, 1.165) is 23.6 Å². The summed E-state index contributed by atoms with van der Waals surface area (Å²) < 4.78 is 0. The van der Waals surface area contributed by atoms with E-state index in [4.69, 9.17) is 5.73 Å². The highest BCUT2D eigenvalue weighted by molar-refractivity contribution is 6.40. The zero-order chi connectivity index (χ0) is 21.8. The van der Waals surface area contributed by atoms with Gasteiger partial charge in [-0.05, 0) is 85.6 Å². The first kappa shape index (κ1) is 21.1. The number of H-pyrrole nitrogens is 1. The van der Waals surface area contributed by atoms with Crippen LogP contribution in [0, 0.1) is 0 Å². The van der Waals surface area contributed by atoms with Gasteiger partial charge in [0.1, 0.15) is 0 Å². The van der Waals surface area contributed by atoms with Gasteiger partial charge in [-0.1, -0.05) is 31.2 Å². The molecule has 3 N–H and O–H groups in total. The number of hydrogen-bond donors (Lipinski definition) is 2. The first-order valence-corrected chi connectivity index (χ1v) is 11.1. The standard InChI is InChI=1S/C15H20N2.C10H10N2O2/c1-2-17-9-6-12(7-10-17)13-3-4-15-14(11-13)5-8-16-15;11-9(13)10(14)12-6-5-7-3-1-2-4-8(7)12/h3-5,8,11-12,16H,2,6-7,9-10H2,1H3;1-4H,5-6H2,(H2,11,13). The number of rotatable bonds is 2. The van der Waals surface area contributed by atoms with Crippen LogP contribution in [-0.2, 0) is 16.0 Å². The van der Waals surface area contributed by atoms with Crippen LogP contribution in [-0.4, -0.2) is 47.9 Å². The van der Waals surface area contributed by atoms with E-state index in [9.17, 15) is 9.59 Å². The SMILES string of the molecule is CCN1CCC(c2ccc3[nH]ccc3c2)CC1.NC(=O)C(=O)N1CCc2ccccc21. The van der Waals surface area contributed by atoms with E-state index in [1.54, 1.807) is 0 Å². The Morgan fingerprint density at radius 1 is 1.06 bits per heavy atom. The molecule has 0 radical (unpaired) electrons. The summed E-state index contributed by atoms with van der Waals surface area (Å²) in [6.45, 7) is 6.51. The minimum atomic E-state index is -0.901. The van der Waals surface area contributed by atoms with Crippen LogP contribution in [0.15, 0.2) is 54.7 Å². The summed E-state index contributed by atoms with van der Waals surface area (Å²) in [5.74, 6) is -0.770. The highest BCUT2D eigenvalue weighted by atomic mass is 16.2. The molecule has 3 heterocycles. The molecule has 1 saturated heterocycles. The third-order valence-electron chi connectivity index (χ3n) is 6.43. The van der Waals surface area contributed by atoms with Gasteiger partial charge in [-0.25, -0.2) is 0 Å². The molecule has 1 fully saturated rings. The number of anilines is 1. The highest BCUT2D eigenvalue weighted by Crippen LogP contribution is 2.30. The lowest BCUT2D eigenvalue weighted by molar-refractivity contribution is -0.135. The van der Waals surface area contributed by atoms with E-state index in [-0.39, 0.29) is 0 Å². The Labute approximate surface area is 183 Å². The van der Waals surface area contributed by atoms with Gasteiger partial charge in [0.05, 0.1) is 0 Å². The van der Waals surface area contributed by atoms with E-state index >= 15 is 0 Å². The van der Waals surface area contributed by atoms with Crippen LogP contribution >= 0.6 is 0 Å². The van der Waals surface area contributed by atoms with Crippen LogP contribution in [0.2, 0.25) is 0 Å². The maximum atomic E-state index is 11.4. The van der Waals surface area contributed by atoms with E-state index < -0.39 is 11.8 Å². The predicted molar refractivity (Wildman–Crippen MR) is 124 cm³/mol. The summed E-state index contributed by atoms with van der Waals surface area (Å²) >= 11 is 0. The quantitative estimate of drug-likeness (QED) is 0.626. The van der Waals surface area contributed by atoms with Crippen molar-refractivity contribution in [3.63, 3.8) is 0 Å². The van der Waals surface area contributed by atoms with Crippen molar-refractivity contribution in [1.82, 2.24) is 9.88 Å². The van der Waals surface area contributed by atoms with Gasteiger partial charge >= 0.3 is 11.8 Å². The zero-order valence-corrected chi connectivity index (χ0v) is 18.0. The molecule has 3 aromatic rings. The molecule has 0 saturated carbocycles. The van der Waals surface area contributed by atoms with E-state index in [1.807, 2.05) is 30.5 Å². The van der Waals surface area contributed by atoms with Crippen molar-refractivity contribution in [3.8, 4) is 0 Å². The fraction of sp³-hybridized carbons (Fsp3) is 0.360. The molecule has 2 aliphatic heterocycles. The van der Waals surface area contributed by atoms with Crippen LogP contribution in [0.25, 0.3) is 10.9 Å². The number of aromatic amines is 1. The second-order valence-electron chi connectivity index (χ2n) is 8.23. The van der Waals surface area contributed by atoms with Gasteiger partial charge in [-0.15, -0.1) is 0 Å². The van der Waals surface area contributed by atoms with E-state index in [1.165, 1.54) is 53.8 Å². The summed E-state index contributed by atoms with van der Waals surface area (Å²) in [5, 5.41) is 1.35. The smallest absolute Gasteiger partial charge is 0.316 e. The largest absolute Gasteiger partial charge is 0.361 e. The Kier molecular flexibility index (Phi) is 6.37. The Bertz CT molecular complexity index is 1070. The van der Waals surface area contributed by atoms with Crippen LogP contribution in [0.4, 0.5) is 5.69 Å². The van der Waals surface area contributed by atoms with Crippen molar-refractivity contribution in [2.24, 2.45) is 5.73 Å². The average molecular weight is 419 g/mol. The van der Waals surface area contributed by atoms with Crippen LogP contribution in [0.1, 0.15) is 36.8 Å². The molecule has 0 bridgehead atoms. The Balaban J connectivity index is 0.000000152. The fourth-order valence-corrected chi connectivity index (χ4v) is 4.59. The molecule has 1 aromatic heterocycles. The maximum absolute atomic E-state index is 11.4. The maximum Gasteiger partial charge on any atom is 0.316 e. The van der Waals surface area contributed by atoms with Crippen molar-refractivity contribution in [3.05, 3.63) is 65.9 Å². The number of benzene rings is 2. The molecular weight excluding hydrogens is 388 g/mol. The summed E-state index contributed by atoms with van der Waals surface area (Å²) in [4.78, 5) is 29.3. The van der Waals surface area contributed by atoms with Gasteiger partial charge in [0, 0.05) is 23.9 Å². The predicted octanol–water partition coefficient (Wildman–Crippen LogP) is 3.43. The zero-order valence-electron chi connectivity index (χ0n) is 18.0. The normalized spacial score (nSPS) is 16.6. The number of hydrogen-bond acceptors (Lipinski definition) is 3. The number of carbonyl (C=O) groups excluding carboxylic acids is 2. The first-order valence-electron chi connectivity index (χ1n) is 11.1. The van der Waals surface area contributed by atoms with Crippen molar-refractivity contribution < 1.29 is 9.59 Å². The Morgan fingerprint density at radius 3 is 2.58 bits per heavy atom. The number of piperidine rings is 1. The monoisotopic (exact) mass is 418 g/mol. The lowest BCUT2D eigenvalue weighted by atomic mass is 9.89. The molecule has 162 valence electrons. The number of fused-ring (bicyclic) bond motifs is 2. The summed E-state index contributed by atoms with van der Waals surface area (Å²) in [6.07, 6.45) is 5.43. The first-order chi connectivity index (χ1) is 15.1. The van der Waals surface area contributed by atoms with Crippen LogP contribution < -0.4 is 10.6 Å². The topological polar surface area (TPSA) is 82.4 Å². The number of likely N-dealkylation sites (tertiary alicyclic amines) is 1. The molecule has 31 heavy (non-hydrogen) atoms. The number of aromatic nitrogens is 1. The summed E-state index contributed by atoms with van der Waals surface area (Å²) in [5.41, 5.74) is 9.60. The average Bonchev–Trinajstić information content (AvgIpc) is 3.45. The minimum Gasteiger partial charge on any atom is -0.361 e. The molecule has 0 spiro atoms. The van der Waals surface area contributed by atoms with Gasteiger partial charge in [-0.3, -0.25) is 9.59 Å². The number of amides is 2. The molecule has 6 heteroatoms. The Morgan fingerprint density at radius 2 is 1.84 bits per heavy atom. The van der Waals surface area contributed by atoms with Crippen molar-refractivity contribution >= 4 is 28.4 Å². The van der Waals surface area contributed by atoms with Crippen molar-refractivity contribution in [2.75, 3.05) is 31.1 Å². The van der Waals surface area contributed by atoms with Crippen LogP contribution in [0.3, 0.4) is 0 Å². The number of primary amides is 1. The molecule has 2 aromatic carbocycles. The molecular formula is C25H30N4O2. The van der Waals surface area contributed by atoms with Gasteiger partial charge in [-0.2, -0.15) is 0 Å². The minimum absolute atomic E-state index is 0.543. The van der Waals surface area contributed by atoms with E-state index in [2.05, 4.69) is 41.1 Å². The highest BCUT2D eigenvalue weighted by Gasteiger charge is 2.27. The number of carbonyl (C=O) groups is 2. The fourth-order valence-electron chi connectivity index (χ4n) is 4.59. The summed E-state index contributed by atoms with van der Waals surface area (Å²) in [7, 11) is 0. The molecule has 0 unspecified atom stereocenters. The molecule has 0 aliphatic carbocycles. The third kappa shape index (κ3) is 4.64. The van der Waals surface area contributed by atoms with Crippen molar-refractivity contribution in [1.29, 1.82) is 0 Å². The Hall–Kier alpha value is -3.12. The van der Waals surface area contributed by atoms with E-state index in [0.29, 0.717) is 6.54 Å². The number of nitrogens with one attached hydrogen (secondary N) is 1. The molecule has 0 atom stereocenters. The van der Waals surface area contributed by atoms with Gasteiger partial charge < -0.3 is 20.5 Å². The van der Waals surface area contributed by atoms with Crippen molar-refractivity contribution in [2.45, 2.75) is 32.1 Å². The number of para-hydroxylation sites is 1. The van der Waals surface area contributed by atoms with Gasteiger partial charge in [0.25, 0.3) is 0 Å². The number of nitrogens with zero attached hydrogens (tertiary/aromatic N) is 2.